The Balaban J connectivity index is 1.91. The Morgan fingerprint density at radius 1 is 0.857 bits per heavy atom. The number of amides is 2. The Kier molecular flexibility index (Phi) is 7.37. The summed E-state index contributed by atoms with van der Waals surface area (Å²) in [5, 5.41) is 5.52. The van der Waals surface area contributed by atoms with E-state index in [9.17, 15) is 4.79 Å². The first-order valence-electron chi connectivity index (χ1n) is 8.95. The normalized spacial score (nSPS) is 10.2. The van der Waals surface area contributed by atoms with E-state index >= 15 is 0 Å². The molecule has 0 aromatic heterocycles. The zero-order chi connectivity index (χ0) is 20.7. The first-order valence-corrected chi connectivity index (χ1v) is 8.95. The molecule has 0 fully saturated rings. The number of nitrogens with one attached hydrogen (secondary N) is 2. The molecule has 0 aliphatic carbocycles. The fraction of sp³-hybridized carbons (Fsp3) is 0.381. The largest absolute Gasteiger partial charge is 0.493 e. The average molecular weight is 388 g/mol. The van der Waals surface area contributed by atoms with E-state index < -0.39 is 0 Å². The van der Waals surface area contributed by atoms with Crippen molar-refractivity contribution in [2.24, 2.45) is 0 Å². The highest BCUT2D eigenvalue weighted by Crippen LogP contribution is 2.39. The van der Waals surface area contributed by atoms with Crippen LogP contribution in [0.25, 0.3) is 0 Å². The van der Waals surface area contributed by atoms with Gasteiger partial charge in [-0.2, -0.15) is 0 Å². The van der Waals surface area contributed by atoms with E-state index in [0.717, 1.165) is 16.9 Å². The number of rotatable bonds is 8. The first-order chi connectivity index (χ1) is 13.4. The summed E-state index contributed by atoms with van der Waals surface area (Å²) >= 11 is 0. The van der Waals surface area contributed by atoms with Gasteiger partial charge in [0, 0.05) is 12.1 Å². The number of benzene rings is 2. The molecule has 2 aromatic carbocycles. The molecule has 0 radical (unpaired) electrons. The van der Waals surface area contributed by atoms with Crippen LogP contribution in [-0.2, 0) is 0 Å². The predicted molar refractivity (Wildman–Crippen MR) is 109 cm³/mol. The van der Waals surface area contributed by atoms with E-state index in [-0.39, 0.29) is 6.03 Å². The molecular weight excluding hydrogens is 360 g/mol. The van der Waals surface area contributed by atoms with Gasteiger partial charge in [-0.1, -0.05) is 17.7 Å². The predicted octanol–water partition coefficient (Wildman–Crippen LogP) is 3.84. The third-order valence-corrected chi connectivity index (χ3v) is 4.16. The number of methoxy groups -OCH3 is 3. The summed E-state index contributed by atoms with van der Waals surface area (Å²) in [5.74, 6) is 2.25. The van der Waals surface area contributed by atoms with E-state index in [0.29, 0.717) is 36.1 Å². The Labute approximate surface area is 165 Å². The second-order valence-electron chi connectivity index (χ2n) is 6.37. The van der Waals surface area contributed by atoms with Gasteiger partial charge in [0.1, 0.15) is 12.4 Å². The van der Waals surface area contributed by atoms with Gasteiger partial charge >= 0.3 is 6.03 Å². The van der Waals surface area contributed by atoms with Gasteiger partial charge in [-0.15, -0.1) is 0 Å². The molecule has 2 rings (SSSR count). The molecular formula is C21H28N2O5. The van der Waals surface area contributed by atoms with E-state index in [1.54, 1.807) is 12.1 Å². The van der Waals surface area contributed by atoms with Gasteiger partial charge in [0.25, 0.3) is 0 Å². The van der Waals surface area contributed by atoms with Gasteiger partial charge < -0.3 is 29.6 Å². The molecule has 2 N–H and O–H groups in total. The fourth-order valence-corrected chi connectivity index (χ4v) is 3.04. The number of hydrogen-bond donors (Lipinski definition) is 2. The van der Waals surface area contributed by atoms with Gasteiger partial charge in [0.2, 0.25) is 5.75 Å². The van der Waals surface area contributed by atoms with Crippen molar-refractivity contribution in [2.45, 2.75) is 20.8 Å². The molecule has 0 bridgehead atoms. The molecule has 7 nitrogen and oxygen atoms in total. The van der Waals surface area contributed by atoms with Crippen molar-refractivity contribution in [3.63, 3.8) is 0 Å². The van der Waals surface area contributed by atoms with Crippen LogP contribution in [0.3, 0.4) is 0 Å². The zero-order valence-electron chi connectivity index (χ0n) is 17.3. The lowest BCUT2D eigenvalue weighted by atomic mass is 10.1. The van der Waals surface area contributed by atoms with Crippen LogP contribution in [0.2, 0.25) is 0 Å². The number of carbonyl (C=O) groups is 1. The fourth-order valence-electron chi connectivity index (χ4n) is 3.04. The Hall–Kier alpha value is -3.09. The lowest BCUT2D eigenvalue weighted by molar-refractivity contribution is 0.247. The maximum atomic E-state index is 12.2. The lowest BCUT2D eigenvalue weighted by Crippen LogP contribution is -2.32. The monoisotopic (exact) mass is 388 g/mol. The minimum Gasteiger partial charge on any atom is -0.493 e. The molecule has 28 heavy (non-hydrogen) atoms. The van der Waals surface area contributed by atoms with E-state index in [1.165, 1.54) is 26.9 Å². The molecule has 0 atom stereocenters. The standard InChI is InChI=1S/C21H28N2O5/c1-13-9-14(2)19(15(3)10-13)28-8-7-22-21(24)23-16-11-17(25-4)20(27-6)18(12-16)26-5/h9-12H,7-8H2,1-6H3,(H2,22,23,24). The van der Waals surface area contributed by atoms with Crippen LogP contribution < -0.4 is 29.6 Å². The third-order valence-electron chi connectivity index (χ3n) is 4.16. The molecule has 7 heteroatoms. The quantitative estimate of drug-likeness (QED) is 0.672. The Bertz CT molecular complexity index is 788. The smallest absolute Gasteiger partial charge is 0.319 e. The highest BCUT2D eigenvalue weighted by atomic mass is 16.5. The molecule has 0 unspecified atom stereocenters. The number of anilines is 1. The maximum Gasteiger partial charge on any atom is 0.319 e. The SMILES string of the molecule is COc1cc(NC(=O)NCCOc2c(C)cc(C)cc2C)cc(OC)c1OC. The number of ether oxygens (including phenoxy) is 4. The summed E-state index contributed by atoms with van der Waals surface area (Å²) in [6, 6.07) is 7.13. The second kappa shape index (κ2) is 9.73. The summed E-state index contributed by atoms with van der Waals surface area (Å²) in [7, 11) is 4.57. The van der Waals surface area contributed by atoms with Crippen molar-refractivity contribution in [3.05, 3.63) is 41.0 Å². The molecule has 2 amide bonds. The van der Waals surface area contributed by atoms with Crippen LogP contribution in [0, 0.1) is 20.8 Å². The molecule has 0 aliphatic rings. The third kappa shape index (κ3) is 5.22. The van der Waals surface area contributed by atoms with Gasteiger partial charge in [-0.05, 0) is 31.9 Å². The summed E-state index contributed by atoms with van der Waals surface area (Å²) in [5.41, 5.74) is 3.89. The molecule has 2 aromatic rings. The highest BCUT2D eigenvalue weighted by Gasteiger charge is 2.14. The molecule has 152 valence electrons. The summed E-state index contributed by atoms with van der Waals surface area (Å²) in [6.45, 7) is 6.81. The van der Waals surface area contributed by atoms with Crippen LogP contribution in [0.5, 0.6) is 23.0 Å². The van der Waals surface area contributed by atoms with Crippen LogP contribution in [0.4, 0.5) is 10.5 Å². The topological polar surface area (TPSA) is 78.1 Å². The van der Waals surface area contributed by atoms with Crippen LogP contribution in [0.15, 0.2) is 24.3 Å². The summed E-state index contributed by atoms with van der Waals surface area (Å²) in [6.07, 6.45) is 0. The molecule has 0 saturated carbocycles. The van der Waals surface area contributed by atoms with Crippen molar-refractivity contribution < 1.29 is 23.7 Å². The Morgan fingerprint density at radius 2 is 1.43 bits per heavy atom. The van der Waals surface area contributed by atoms with Crippen molar-refractivity contribution in [1.29, 1.82) is 0 Å². The molecule has 0 heterocycles. The van der Waals surface area contributed by atoms with E-state index in [2.05, 4.69) is 29.7 Å². The van der Waals surface area contributed by atoms with Crippen molar-refractivity contribution in [3.8, 4) is 23.0 Å². The van der Waals surface area contributed by atoms with E-state index in [1.807, 2.05) is 13.8 Å². The van der Waals surface area contributed by atoms with Crippen molar-refractivity contribution in [2.75, 3.05) is 39.8 Å². The number of hydrogen-bond acceptors (Lipinski definition) is 5. The molecule has 0 aliphatic heterocycles. The van der Waals surface area contributed by atoms with Crippen molar-refractivity contribution in [1.82, 2.24) is 5.32 Å². The van der Waals surface area contributed by atoms with Crippen molar-refractivity contribution >= 4 is 11.7 Å². The maximum absolute atomic E-state index is 12.2. The van der Waals surface area contributed by atoms with E-state index in [4.69, 9.17) is 18.9 Å². The Morgan fingerprint density at radius 3 is 1.93 bits per heavy atom. The van der Waals surface area contributed by atoms with Crippen LogP contribution in [0.1, 0.15) is 16.7 Å². The van der Waals surface area contributed by atoms with Crippen LogP contribution >= 0.6 is 0 Å². The van der Waals surface area contributed by atoms with Gasteiger partial charge in [0.15, 0.2) is 11.5 Å². The lowest BCUT2D eigenvalue weighted by Gasteiger charge is -2.15. The van der Waals surface area contributed by atoms with Gasteiger partial charge in [0.05, 0.1) is 33.6 Å². The molecule has 0 spiro atoms. The molecule has 0 saturated heterocycles. The van der Waals surface area contributed by atoms with Crippen LogP contribution in [-0.4, -0.2) is 40.5 Å². The number of urea groups is 1. The second-order valence-corrected chi connectivity index (χ2v) is 6.37. The average Bonchev–Trinajstić information content (AvgIpc) is 2.65. The first kappa shape index (κ1) is 21.2. The zero-order valence-corrected chi connectivity index (χ0v) is 17.3. The highest BCUT2D eigenvalue weighted by molar-refractivity contribution is 5.90. The summed E-state index contributed by atoms with van der Waals surface area (Å²) < 4.78 is 21.7. The van der Waals surface area contributed by atoms with Gasteiger partial charge in [-0.3, -0.25) is 0 Å². The number of aryl methyl sites for hydroxylation is 3. The summed E-state index contributed by atoms with van der Waals surface area (Å²) in [4.78, 5) is 12.2. The minimum atomic E-state index is -0.352. The number of carbonyl (C=O) groups excluding carboxylic acids is 1. The minimum absolute atomic E-state index is 0.352. The van der Waals surface area contributed by atoms with Gasteiger partial charge in [-0.25, -0.2) is 4.79 Å².